The van der Waals surface area contributed by atoms with Gasteiger partial charge in [0.1, 0.15) is 5.75 Å². The van der Waals surface area contributed by atoms with E-state index in [4.69, 9.17) is 4.74 Å². The first-order chi connectivity index (χ1) is 10.1. The normalized spacial score (nSPS) is 13.6. The maximum absolute atomic E-state index is 11.9. The van der Waals surface area contributed by atoms with Crippen LogP contribution >= 0.6 is 0 Å². The molecule has 6 nitrogen and oxygen atoms in total. The van der Waals surface area contributed by atoms with E-state index in [0.717, 1.165) is 0 Å². The number of rotatable bonds is 7. The lowest BCUT2D eigenvalue weighted by molar-refractivity contribution is -0.116. The van der Waals surface area contributed by atoms with Crippen LogP contribution in [0.15, 0.2) is 18.2 Å². The van der Waals surface area contributed by atoms with Gasteiger partial charge in [0, 0.05) is 31.6 Å². The summed E-state index contributed by atoms with van der Waals surface area (Å²) in [5.74, 6) is 0.320. The molecule has 21 heavy (non-hydrogen) atoms. The van der Waals surface area contributed by atoms with Crippen molar-refractivity contribution < 1.29 is 14.3 Å². The van der Waals surface area contributed by atoms with Gasteiger partial charge < -0.3 is 20.7 Å². The molecule has 0 radical (unpaired) electrons. The number of hydrogen-bond donors (Lipinski definition) is 3. The quantitative estimate of drug-likeness (QED) is 0.715. The van der Waals surface area contributed by atoms with Crippen LogP contribution in [0, 0.1) is 0 Å². The first-order valence-corrected chi connectivity index (χ1v) is 7.07. The Morgan fingerprint density at radius 2 is 2.05 bits per heavy atom. The van der Waals surface area contributed by atoms with Crippen molar-refractivity contribution in [1.82, 2.24) is 5.32 Å². The minimum Gasteiger partial charge on any atom is -0.495 e. The highest BCUT2D eigenvalue weighted by molar-refractivity contribution is 5.95. The standard InChI is InChI=1S/C15H21N3O3/c1-10(19)17-12-5-6-14(21-2)13(9-12)18-15(20)7-8-16-11-3-4-11/h5-6,9,11,16H,3-4,7-8H2,1-2H3,(H,17,19)(H,18,20). The third kappa shape index (κ3) is 5.07. The number of methoxy groups -OCH3 is 1. The van der Waals surface area contributed by atoms with E-state index >= 15 is 0 Å². The SMILES string of the molecule is COc1ccc(NC(C)=O)cc1NC(=O)CCNC1CC1. The fourth-order valence-corrected chi connectivity index (χ4v) is 1.98. The Bertz CT molecular complexity index is 527. The molecule has 0 unspecified atom stereocenters. The molecule has 0 atom stereocenters. The van der Waals surface area contributed by atoms with Gasteiger partial charge in [-0.15, -0.1) is 0 Å². The molecule has 114 valence electrons. The number of ether oxygens (including phenoxy) is 1. The van der Waals surface area contributed by atoms with Gasteiger partial charge in [-0.05, 0) is 31.0 Å². The fraction of sp³-hybridized carbons (Fsp3) is 0.467. The predicted octanol–water partition coefficient (Wildman–Crippen LogP) is 1.73. The molecule has 0 bridgehead atoms. The lowest BCUT2D eigenvalue weighted by atomic mass is 10.2. The summed E-state index contributed by atoms with van der Waals surface area (Å²) in [6.45, 7) is 2.11. The van der Waals surface area contributed by atoms with E-state index in [2.05, 4.69) is 16.0 Å². The number of benzene rings is 1. The first kappa shape index (κ1) is 15.3. The highest BCUT2D eigenvalue weighted by atomic mass is 16.5. The Kier molecular flexibility index (Phi) is 5.16. The molecule has 1 aliphatic carbocycles. The average Bonchev–Trinajstić information content (AvgIpc) is 3.22. The van der Waals surface area contributed by atoms with Gasteiger partial charge in [0.15, 0.2) is 0 Å². The van der Waals surface area contributed by atoms with Gasteiger partial charge in [-0.1, -0.05) is 0 Å². The maximum atomic E-state index is 11.9. The minimum atomic E-state index is -0.161. The Labute approximate surface area is 124 Å². The summed E-state index contributed by atoms with van der Waals surface area (Å²) < 4.78 is 5.22. The van der Waals surface area contributed by atoms with Crippen LogP contribution in [0.5, 0.6) is 5.75 Å². The number of hydrogen-bond acceptors (Lipinski definition) is 4. The van der Waals surface area contributed by atoms with Crippen LogP contribution in [0.2, 0.25) is 0 Å². The lowest BCUT2D eigenvalue weighted by Gasteiger charge is -2.12. The van der Waals surface area contributed by atoms with E-state index < -0.39 is 0 Å². The molecule has 6 heteroatoms. The van der Waals surface area contributed by atoms with E-state index in [0.29, 0.717) is 36.1 Å². The maximum Gasteiger partial charge on any atom is 0.225 e. The molecule has 0 aromatic heterocycles. The number of amides is 2. The molecule has 2 amide bonds. The molecule has 0 spiro atoms. The molecule has 1 aromatic rings. The van der Waals surface area contributed by atoms with Crippen LogP contribution in [-0.4, -0.2) is 31.5 Å². The van der Waals surface area contributed by atoms with Crippen LogP contribution in [0.3, 0.4) is 0 Å². The molecule has 0 heterocycles. The second kappa shape index (κ2) is 7.08. The molecule has 3 N–H and O–H groups in total. The van der Waals surface area contributed by atoms with E-state index in [1.807, 2.05) is 0 Å². The minimum absolute atomic E-state index is 0.0820. The van der Waals surface area contributed by atoms with Crippen molar-refractivity contribution in [2.24, 2.45) is 0 Å². The summed E-state index contributed by atoms with van der Waals surface area (Å²) in [5.41, 5.74) is 1.18. The van der Waals surface area contributed by atoms with Crippen molar-refractivity contribution in [3.05, 3.63) is 18.2 Å². The average molecular weight is 291 g/mol. The molecule has 2 rings (SSSR count). The second-order valence-corrected chi connectivity index (χ2v) is 5.12. The van der Waals surface area contributed by atoms with Crippen molar-refractivity contribution in [2.45, 2.75) is 32.2 Å². The molecule has 1 saturated carbocycles. The van der Waals surface area contributed by atoms with Gasteiger partial charge in [0.25, 0.3) is 0 Å². The number of carbonyl (C=O) groups excluding carboxylic acids is 2. The van der Waals surface area contributed by atoms with Crippen molar-refractivity contribution in [2.75, 3.05) is 24.3 Å². The zero-order valence-electron chi connectivity index (χ0n) is 12.4. The molecule has 1 aromatic carbocycles. The molecular weight excluding hydrogens is 270 g/mol. The summed E-state index contributed by atoms with van der Waals surface area (Å²) >= 11 is 0. The Morgan fingerprint density at radius 1 is 1.29 bits per heavy atom. The Balaban J connectivity index is 1.94. The molecule has 1 fully saturated rings. The van der Waals surface area contributed by atoms with Gasteiger partial charge in [0.05, 0.1) is 12.8 Å². The van der Waals surface area contributed by atoms with Crippen molar-refractivity contribution >= 4 is 23.2 Å². The van der Waals surface area contributed by atoms with Crippen LogP contribution in [0.25, 0.3) is 0 Å². The van der Waals surface area contributed by atoms with Crippen LogP contribution in [0.1, 0.15) is 26.2 Å². The van der Waals surface area contributed by atoms with Gasteiger partial charge in [-0.2, -0.15) is 0 Å². The number of carbonyl (C=O) groups is 2. The van der Waals surface area contributed by atoms with Crippen LogP contribution in [0.4, 0.5) is 11.4 Å². The third-order valence-electron chi connectivity index (χ3n) is 3.16. The highest BCUT2D eigenvalue weighted by Crippen LogP contribution is 2.28. The van der Waals surface area contributed by atoms with Gasteiger partial charge in [-0.25, -0.2) is 0 Å². The fourth-order valence-electron chi connectivity index (χ4n) is 1.98. The van der Waals surface area contributed by atoms with Gasteiger partial charge in [-0.3, -0.25) is 9.59 Å². The molecule has 1 aliphatic rings. The highest BCUT2D eigenvalue weighted by Gasteiger charge is 2.20. The summed E-state index contributed by atoms with van der Waals surface area (Å²) in [7, 11) is 1.54. The smallest absolute Gasteiger partial charge is 0.225 e. The Morgan fingerprint density at radius 3 is 2.67 bits per heavy atom. The topological polar surface area (TPSA) is 79.5 Å². The molecular formula is C15H21N3O3. The van der Waals surface area contributed by atoms with E-state index in [1.54, 1.807) is 18.2 Å². The predicted molar refractivity (Wildman–Crippen MR) is 81.6 cm³/mol. The van der Waals surface area contributed by atoms with Gasteiger partial charge >= 0.3 is 0 Å². The zero-order valence-corrected chi connectivity index (χ0v) is 12.4. The summed E-state index contributed by atoms with van der Waals surface area (Å²) in [6.07, 6.45) is 2.81. The van der Waals surface area contributed by atoms with Crippen molar-refractivity contribution in [3.63, 3.8) is 0 Å². The monoisotopic (exact) mass is 291 g/mol. The Hall–Kier alpha value is -2.08. The van der Waals surface area contributed by atoms with E-state index in [-0.39, 0.29) is 11.8 Å². The van der Waals surface area contributed by atoms with Crippen LogP contribution in [-0.2, 0) is 9.59 Å². The molecule has 0 aliphatic heterocycles. The third-order valence-corrected chi connectivity index (χ3v) is 3.16. The number of nitrogens with one attached hydrogen (secondary N) is 3. The summed E-state index contributed by atoms with van der Waals surface area (Å²) in [6, 6.07) is 5.72. The van der Waals surface area contributed by atoms with Crippen molar-refractivity contribution in [3.8, 4) is 5.75 Å². The molecule has 0 saturated heterocycles. The summed E-state index contributed by atoms with van der Waals surface area (Å²) in [4.78, 5) is 23.0. The second-order valence-electron chi connectivity index (χ2n) is 5.12. The zero-order chi connectivity index (χ0) is 15.2. The van der Waals surface area contributed by atoms with E-state index in [1.165, 1.54) is 26.9 Å². The van der Waals surface area contributed by atoms with Gasteiger partial charge in [0.2, 0.25) is 11.8 Å². The first-order valence-electron chi connectivity index (χ1n) is 7.07. The number of anilines is 2. The van der Waals surface area contributed by atoms with Crippen LogP contribution < -0.4 is 20.7 Å². The van der Waals surface area contributed by atoms with E-state index in [9.17, 15) is 9.59 Å². The van der Waals surface area contributed by atoms with Crippen molar-refractivity contribution in [1.29, 1.82) is 0 Å². The summed E-state index contributed by atoms with van der Waals surface area (Å²) in [5, 5.41) is 8.78. The lowest BCUT2D eigenvalue weighted by Crippen LogP contribution is -2.23. The largest absolute Gasteiger partial charge is 0.495 e.